The van der Waals surface area contributed by atoms with Crippen LogP contribution in [-0.2, 0) is 9.53 Å². The maximum absolute atomic E-state index is 11.4. The number of carbonyl (C=O) groups excluding carboxylic acids is 1. The van der Waals surface area contributed by atoms with E-state index in [1.165, 1.54) is 19.3 Å². The molecular formula is C12H22O2S. The molecule has 88 valence electrons. The van der Waals surface area contributed by atoms with Gasteiger partial charge in [-0.3, -0.25) is 4.79 Å². The zero-order chi connectivity index (χ0) is 11.1. The average molecular weight is 230 g/mol. The third kappa shape index (κ3) is 4.92. The first kappa shape index (κ1) is 12.9. The third-order valence-corrected chi connectivity index (χ3v) is 3.74. The van der Waals surface area contributed by atoms with Crippen molar-refractivity contribution in [3.8, 4) is 0 Å². The predicted octanol–water partition coefficient (Wildman–Crippen LogP) is 3.21. The molecule has 0 aromatic rings. The highest BCUT2D eigenvalue weighted by Crippen LogP contribution is 2.49. The minimum Gasteiger partial charge on any atom is -0.466 e. The Balaban J connectivity index is 1.99. The molecule has 0 radical (unpaired) electrons. The summed E-state index contributed by atoms with van der Waals surface area (Å²) >= 11 is 4.27. The average Bonchev–Trinajstić information content (AvgIpc) is 2.98. The van der Waals surface area contributed by atoms with Gasteiger partial charge < -0.3 is 4.74 Å². The van der Waals surface area contributed by atoms with Gasteiger partial charge in [0.05, 0.1) is 13.0 Å². The lowest BCUT2D eigenvalue weighted by atomic mass is 10.1. The summed E-state index contributed by atoms with van der Waals surface area (Å²) in [7, 11) is 0. The van der Waals surface area contributed by atoms with Gasteiger partial charge in [-0.15, -0.1) is 0 Å². The normalized spacial score (nSPS) is 17.5. The van der Waals surface area contributed by atoms with Gasteiger partial charge >= 0.3 is 5.97 Å². The second-order valence-corrected chi connectivity index (χ2v) is 4.93. The lowest BCUT2D eigenvalue weighted by molar-refractivity contribution is -0.145. The van der Waals surface area contributed by atoms with Crippen LogP contribution in [0, 0.1) is 5.41 Å². The van der Waals surface area contributed by atoms with Crippen LogP contribution in [0.5, 0.6) is 0 Å². The summed E-state index contributed by atoms with van der Waals surface area (Å²) in [4.78, 5) is 11.4. The van der Waals surface area contributed by atoms with E-state index in [0.717, 1.165) is 25.0 Å². The van der Waals surface area contributed by atoms with Crippen molar-refractivity contribution in [3.05, 3.63) is 0 Å². The molecule has 0 amide bonds. The zero-order valence-corrected chi connectivity index (χ0v) is 10.5. The van der Waals surface area contributed by atoms with E-state index in [1.54, 1.807) is 0 Å². The van der Waals surface area contributed by atoms with Crippen molar-refractivity contribution in [2.45, 2.75) is 51.9 Å². The SMILES string of the molecule is CCCCCCOC(=O)CC1(CS)CC1. The van der Waals surface area contributed by atoms with Crippen LogP contribution in [0.3, 0.4) is 0 Å². The molecule has 3 heteroatoms. The lowest BCUT2D eigenvalue weighted by Gasteiger charge is -2.10. The van der Waals surface area contributed by atoms with Crippen molar-refractivity contribution in [2.75, 3.05) is 12.4 Å². The molecular weight excluding hydrogens is 208 g/mol. The number of esters is 1. The number of thiol groups is 1. The maximum atomic E-state index is 11.4. The number of hydrogen-bond acceptors (Lipinski definition) is 3. The molecule has 0 spiro atoms. The van der Waals surface area contributed by atoms with Gasteiger partial charge in [0.25, 0.3) is 0 Å². The first-order valence-electron chi connectivity index (χ1n) is 5.99. The van der Waals surface area contributed by atoms with Crippen LogP contribution in [0.15, 0.2) is 0 Å². The first-order valence-corrected chi connectivity index (χ1v) is 6.62. The predicted molar refractivity (Wildman–Crippen MR) is 65.2 cm³/mol. The van der Waals surface area contributed by atoms with E-state index >= 15 is 0 Å². The second kappa shape index (κ2) is 6.41. The molecule has 0 N–H and O–H groups in total. The molecule has 1 aliphatic rings. The highest BCUT2D eigenvalue weighted by Gasteiger charge is 2.43. The molecule has 1 fully saturated rings. The van der Waals surface area contributed by atoms with Crippen LogP contribution in [0.2, 0.25) is 0 Å². The summed E-state index contributed by atoms with van der Waals surface area (Å²) in [5.41, 5.74) is 0.198. The van der Waals surface area contributed by atoms with Crippen molar-refractivity contribution in [1.82, 2.24) is 0 Å². The van der Waals surface area contributed by atoms with Gasteiger partial charge in [0, 0.05) is 0 Å². The summed E-state index contributed by atoms with van der Waals surface area (Å²) in [5.74, 6) is 0.788. The van der Waals surface area contributed by atoms with Crippen LogP contribution >= 0.6 is 12.6 Å². The molecule has 1 saturated carbocycles. The number of ether oxygens (including phenoxy) is 1. The second-order valence-electron chi connectivity index (χ2n) is 4.62. The van der Waals surface area contributed by atoms with Crippen molar-refractivity contribution in [3.63, 3.8) is 0 Å². The quantitative estimate of drug-likeness (QED) is 0.394. The maximum Gasteiger partial charge on any atom is 0.306 e. The standard InChI is InChI=1S/C12H22O2S/c1-2-3-4-5-8-14-11(13)9-12(10-15)6-7-12/h15H,2-10H2,1H3. The molecule has 15 heavy (non-hydrogen) atoms. The van der Waals surface area contributed by atoms with Crippen LogP contribution in [0.25, 0.3) is 0 Å². The Morgan fingerprint density at radius 3 is 2.60 bits per heavy atom. The first-order chi connectivity index (χ1) is 7.22. The van der Waals surface area contributed by atoms with Gasteiger partial charge in [-0.25, -0.2) is 0 Å². The molecule has 2 nitrogen and oxygen atoms in total. The molecule has 0 aromatic heterocycles. The van der Waals surface area contributed by atoms with E-state index in [-0.39, 0.29) is 11.4 Å². The summed E-state index contributed by atoms with van der Waals surface area (Å²) < 4.78 is 5.19. The highest BCUT2D eigenvalue weighted by atomic mass is 32.1. The van der Waals surface area contributed by atoms with E-state index in [4.69, 9.17) is 4.74 Å². The summed E-state index contributed by atoms with van der Waals surface area (Å²) in [6.07, 6.45) is 7.48. The van der Waals surface area contributed by atoms with Gasteiger partial charge in [0.2, 0.25) is 0 Å². The van der Waals surface area contributed by atoms with Crippen molar-refractivity contribution in [2.24, 2.45) is 5.41 Å². The van der Waals surface area contributed by atoms with E-state index in [2.05, 4.69) is 19.6 Å². The smallest absolute Gasteiger partial charge is 0.306 e. The van der Waals surface area contributed by atoms with Crippen LogP contribution in [0.1, 0.15) is 51.9 Å². The fourth-order valence-corrected chi connectivity index (χ4v) is 2.07. The number of hydrogen-bond donors (Lipinski definition) is 1. The molecule has 0 unspecified atom stereocenters. The van der Waals surface area contributed by atoms with Crippen molar-refractivity contribution < 1.29 is 9.53 Å². The highest BCUT2D eigenvalue weighted by molar-refractivity contribution is 7.80. The minimum atomic E-state index is -0.0296. The van der Waals surface area contributed by atoms with Crippen molar-refractivity contribution in [1.29, 1.82) is 0 Å². The van der Waals surface area contributed by atoms with Gasteiger partial charge in [0.1, 0.15) is 0 Å². The summed E-state index contributed by atoms with van der Waals surface area (Å²) in [5, 5.41) is 0. The van der Waals surface area contributed by atoms with Gasteiger partial charge in [0.15, 0.2) is 0 Å². The molecule has 1 rings (SSSR count). The van der Waals surface area contributed by atoms with Gasteiger partial charge in [-0.1, -0.05) is 26.2 Å². The van der Waals surface area contributed by atoms with Gasteiger partial charge in [-0.2, -0.15) is 12.6 Å². The number of carbonyl (C=O) groups is 1. The monoisotopic (exact) mass is 230 g/mol. The number of rotatable bonds is 8. The third-order valence-electron chi connectivity index (χ3n) is 3.07. The van der Waals surface area contributed by atoms with Crippen LogP contribution in [-0.4, -0.2) is 18.3 Å². The molecule has 0 heterocycles. The summed E-state index contributed by atoms with van der Waals surface area (Å²) in [6, 6.07) is 0. The lowest BCUT2D eigenvalue weighted by Crippen LogP contribution is -2.14. The van der Waals surface area contributed by atoms with E-state index in [1.807, 2.05) is 0 Å². The van der Waals surface area contributed by atoms with Crippen LogP contribution in [0.4, 0.5) is 0 Å². The fourth-order valence-electron chi connectivity index (χ4n) is 1.64. The molecule has 0 aliphatic heterocycles. The molecule has 0 atom stereocenters. The molecule has 1 aliphatic carbocycles. The Morgan fingerprint density at radius 2 is 2.07 bits per heavy atom. The van der Waals surface area contributed by atoms with Crippen molar-refractivity contribution >= 4 is 18.6 Å². The van der Waals surface area contributed by atoms with E-state index < -0.39 is 0 Å². The minimum absolute atomic E-state index is 0.0296. The molecule has 0 saturated heterocycles. The Hall–Kier alpha value is -0.180. The Bertz CT molecular complexity index is 200. The Morgan fingerprint density at radius 1 is 1.33 bits per heavy atom. The zero-order valence-electron chi connectivity index (χ0n) is 9.63. The summed E-state index contributed by atoms with van der Waals surface area (Å²) in [6.45, 7) is 2.77. The largest absolute Gasteiger partial charge is 0.466 e. The number of unbranched alkanes of at least 4 members (excludes halogenated alkanes) is 3. The molecule has 0 bridgehead atoms. The van der Waals surface area contributed by atoms with Gasteiger partial charge in [-0.05, 0) is 30.4 Å². The Labute approximate surface area is 98.2 Å². The Kier molecular flexibility index (Phi) is 5.51. The van der Waals surface area contributed by atoms with E-state index in [0.29, 0.717) is 13.0 Å². The van der Waals surface area contributed by atoms with Crippen LogP contribution < -0.4 is 0 Å². The fraction of sp³-hybridized carbons (Fsp3) is 0.917. The topological polar surface area (TPSA) is 26.3 Å². The van der Waals surface area contributed by atoms with E-state index in [9.17, 15) is 4.79 Å². The molecule has 0 aromatic carbocycles.